The number of nitrogens with zero attached hydrogens (tertiary/aromatic N) is 1. The van der Waals surface area contributed by atoms with Crippen LogP contribution in [0.15, 0.2) is 12.1 Å². The zero-order chi connectivity index (χ0) is 13.9. The van der Waals surface area contributed by atoms with Crippen molar-refractivity contribution >= 4 is 11.4 Å². The van der Waals surface area contributed by atoms with Gasteiger partial charge in [0.15, 0.2) is 11.5 Å². The molecule has 0 aromatic heterocycles. The van der Waals surface area contributed by atoms with E-state index in [1.54, 1.807) is 20.3 Å². The molecule has 0 aliphatic carbocycles. The van der Waals surface area contributed by atoms with Gasteiger partial charge in [-0.05, 0) is 5.41 Å². The van der Waals surface area contributed by atoms with Crippen molar-refractivity contribution in [1.82, 2.24) is 0 Å². The Labute approximate surface area is 110 Å². The number of anilines is 2. The molecule has 0 unspecified atom stereocenters. The molecule has 0 fully saturated rings. The van der Waals surface area contributed by atoms with Gasteiger partial charge < -0.3 is 20.1 Å². The fourth-order valence-electron chi connectivity index (χ4n) is 2.01. The molecule has 0 spiro atoms. The Kier molecular flexibility index (Phi) is 4.33. The molecule has 0 bridgehead atoms. The molecule has 0 saturated heterocycles. The van der Waals surface area contributed by atoms with Crippen LogP contribution in [0.1, 0.15) is 20.8 Å². The summed E-state index contributed by atoms with van der Waals surface area (Å²) in [5.74, 6) is 1.35. The lowest BCUT2D eigenvalue weighted by Crippen LogP contribution is -2.29. The molecule has 1 rings (SSSR count). The van der Waals surface area contributed by atoms with E-state index in [0.717, 1.165) is 12.2 Å². The van der Waals surface area contributed by atoms with Crippen LogP contribution in [-0.2, 0) is 0 Å². The minimum atomic E-state index is 0.203. The van der Waals surface area contributed by atoms with E-state index in [1.807, 2.05) is 13.1 Å². The van der Waals surface area contributed by atoms with Crippen molar-refractivity contribution in [3.63, 3.8) is 0 Å². The molecular weight excluding hydrogens is 228 g/mol. The Hall–Kier alpha value is -1.58. The van der Waals surface area contributed by atoms with Gasteiger partial charge in [-0.1, -0.05) is 20.8 Å². The van der Waals surface area contributed by atoms with Crippen molar-refractivity contribution in [2.45, 2.75) is 20.8 Å². The van der Waals surface area contributed by atoms with E-state index in [2.05, 4.69) is 25.7 Å². The lowest BCUT2D eigenvalue weighted by molar-refractivity contribution is 0.355. The van der Waals surface area contributed by atoms with Gasteiger partial charge in [0.2, 0.25) is 0 Å². The van der Waals surface area contributed by atoms with Gasteiger partial charge in [-0.2, -0.15) is 0 Å². The molecule has 0 amide bonds. The lowest BCUT2D eigenvalue weighted by Gasteiger charge is -2.29. The Morgan fingerprint density at radius 2 is 1.61 bits per heavy atom. The number of rotatable bonds is 4. The molecule has 18 heavy (non-hydrogen) atoms. The summed E-state index contributed by atoms with van der Waals surface area (Å²) < 4.78 is 10.5. The number of nitrogens with two attached hydrogens (primary N) is 1. The van der Waals surface area contributed by atoms with E-state index >= 15 is 0 Å². The van der Waals surface area contributed by atoms with Crippen molar-refractivity contribution in [3.05, 3.63) is 12.1 Å². The summed E-state index contributed by atoms with van der Waals surface area (Å²) in [7, 11) is 5.26. The minimum Gasteiger partial charge on any atom is -0.493 e. The van der Waals surface area contributed by atoms with E-state index in [9.17, 15) is 0 Å². The van der Waals surface area contributed by atoms with E-state index in [4.69, 9.17) is 15.2 Å². The van der Waals surface area contributed by atoms with Crippen LogP contribution >= 0.6 is 0 Å². The van der Waals surface area contributed by atoms with Gasteiger partial charge in [0.05, 0.1) is 25.6 Å². The normalized spacial score (nSPS) is 11.2. The highest BCUT2D eigenvalue weighted by Crippen LogP contribution is 2.37. The molecule has 0 aliphatic rings. The number of hydrogen-bond donors (Lipinski definition) is 1. The molecule has 1 aromatic carbocycles. The van der Waals surface area contributed by atoms with Crippen LogP contribution in [0.3, 0.4) is 0 Å². The highest BCUT2D eigenvalue weighted by Gasteiger charge is 2.17. The van der Waals surface area contributed by atoms with Crippen LogP contribution in [-0.4, -0.2) is 27.8 Å². The Morgan fingerprint density at radius 3 is 2.06 bits per heavy atom. The Morgan fingerprint density at radius 1 is 1.11 bits per heavy atom. The minimum absolute atomic E-state index is 0.203. The van der Waals surface area contributed by atoms with Crippen LogP contribution < -0.4 is 20.1 Å². The average molecular weight is 252 g/mol. The van der Waals surface area contributed by atoms with Crippen molar-refractivity contribution in [2.75, 3.05) is 38.4 Å². The molecule has 0 atom stereocenters. The average Bonchev–Trinajstić information content (AvgIpc) is 2.26. The quantitative estimate of drug-likeness (QED) is 0.837. The maximum atomic E-state index is 6.06. The fraction of sp³-hybridized carbons (Fsp3) is 0.571. The van der Waals surface area contributed by atoms with Crippen molar-refractivity contribution < 1.29 is 9.47 Å². The van der Waals surface area contributed by atoms with E-state index < -0.39 is 0 Å². The molecule has 1 aromatic rings. The van der Waals surface area contributed by atoms with Gasteiger partial charge in [-0.25, -0.2) is 0 Å². The number of nitrogen functional groups attached to an aromatic ring is 1. The third-order valence-electron chi connectivity index (χ3n) is 2.66. The van der Waals surface area contributed by atoms with E-state index in [-0.39, 0.29) is 5.41 Å². The van der Waals surface area contributed by atoms with Gasteiger partial charge in [0.1, 0.15) is 0 Å². The first kappa shape index (κ1) is 14.5. The maximum Gasteiger partial charge on any atom is 0.162 e. The molecule has 4 heteroatoms. The summed E-state index contributed by atoms with van der Waals surface area (Å²) in [6, 6.07) is 3.72. The van der Waals surface area contributed by atoms with Crippen LogP contribution in [0.2, 0.25) is 0 Å². The van der Waals surface area contributed by atoms with E-state index in [0.29, 0.717) is 17.2 Å². The molecule has 0 saturated carbocycles. The number of hydrogen-bond acceptors (Lipinski definition) is 4. The van der Waals surface area contributed by atoms with Gasteiger partial charge in [-0.3, -0.25) is 0 Å². The summed E-state index contributed by atoms with van der Waals surface area (Å²) >= 11 is 0. The summed E-state index contributed by atoms with van der Waals surface area (Å²) in [4.78, 5) is 2.14. The molecule has 0 aliphatic heterocycles. The van der Waals surface area contributed by atoms with Gasteiger partial charge in [0, 0.05) is 25.7 Å². The second kappa shape index (κ2) is 5.38. The first-order chi connectivity index (χ1) is 8.28. The van der Waals surface area contributed by atoms with Crippen molar-refractivity contribution in [1.29, 1.82) is 0 Å². The summed E-state index contributed by atoms with van der Waals surface area (Å²) in [6.07, 6.45) is 0. The van der Waals surface area contributed by atoms with Crippen molar-refractivity contribution in [2.24, 2.45) is 5.41 Å². The first-order valence-corrected chi connectivity index (χ1v) is 6.01. The van der Waals surface area contributed by atoms with Gasteiger partial charge >= 0.3 is 0 Å². The van der Waals surface area contributed by atoms with E-state index in [1.165, 1.54) is 0 Å². The third kappa shape index (κ3) is 3.45. The summed E-state index contributed by atoms with van der Waals surface area (Å²) in [6.45, 7) is 7.49. The first-order valence-electron chi connectivity index (χ1n) is 6.01. The smallest absolute Gasteiger partial charge is 0.162 e. The topological polar surface area (TPSA) is 47.7 Å². The molecule has 4 nitrogen and oxygen atoms in total. The zero-order valence-corrected chi connectivity index (χ0v) is 12.2. The maximum absolute atomic E-state index is 6.06. The SMILES string of the molecule is COc1cc(N)c(N(C)CC(C)(C)C)cc1OC. The molecule has 2 N–H and O–H groups in total. The Balaban J connectivity index is 3.09. The highest BCUT2D eigenvalue weighted by molar-refractivity contribution is 5.73. The highest BCUT2D eigenvalue weighted by atomic mass is 16.5. The van der Waals surface area contributed by atoms with Crippen LogP contribution in [0, 0.1) is 5.41 Å². The third-order valence-corrected chi connectivity index (χ3v) is 2.66. The number of ether oxygens (including phenoxy) is 2. The fourth-order valence-corrected chi connectivity index (χ4v) is 2.01. The monoisotopic (exact) mass is 252 g/mol. The van der Waals surface area contributed by atoms with Crippen LogP contribution in [0.5, 0.6) is 11.5 Å². The second-order valence-corrected chi connectivity index (χ2v) is 5.68. The molecule has 0 radical (unpaired) electrons. The largest absolute Gasteiger partial charge is 0.493 e. The van der Waals surface area contributed by atoms with Crippen molar-refractivity contribution in [3.8, 4) is 11.5 Å². The van der Waals surface area contributed by atoms with Crippen LogP contribution in [0.4, 0.5) is 11.4 Å². The van der Waals surface area contributed by atoms with Gasteiger partial charge in [0.25, 0.3) is 0 Å². The summed E-state index contributed by atoms with van der Waals surface area (Å²) in [5.41, 5.74) is 7.92. The number of methoxy groups -OCH3 is 2. The Bertz CT molecular complexity index is 411. The molecular formula is C14H24N2O2. The van der Waals surface area contributed by atoms with Gasteiger partial charge in [-0.15, -0.1) is 0 Å². The zero-order valence-electron chi connectivity index (χ0n) is 12.2. The second-order valence-electron chi connectivity index (χ2n) is 5.68. The number of benzene rings is 1. The lowest BCUT2D eigenvalue weighted by atomic mass is 9.96. The molecule has 0 heterocycles. The molecule has 102 valence electrons. The summed E-state index contributed by atoms with van der Waals surface area (Å²) in [5, 5.41) is 0. The standard InChI is InChI=1S/C14H24N2O2/c1-14(2,3)9-16(4)11-8-13(18-6)12(17-5)7-10(11)15/h7-8H,9,15H2,1-6H3. The van der Waals surface area contributed by atoms with Crippen LogP contribution in [0.25, 0.3) is 0 Å². The predicted octanol–water partition coefficient (Wildman–Crippen LogP) is 2.77. The predicted molar refractivity (Wildman–Crippen MR) is 76.7 cm³/mol.